The number of hydrogen-bond acceptors (Lipinski definition) is 4. The SMILES string of the molecule is CC(=O)c1cn(CC(=O)N2[C@@H]3C[C@@H]3C[C@H]2C(=O)CCc2cccc(Cl)c2F)c2ncccc12. The van der Waals surface area contributed by atoms with Crippen LogP contribution in [0.2, 0.25) is 5.02 Å². The first kappa shape index (κ1) is 21.8. The van der Waals surface area contributed by atoms with Crippen LogP contribution in [0.25, 0.3) is 11.0 Å². The number of carbonyl (C=O) groups excluding carboxylic acids is 3. The van der Waals surface area contributed by atoms with Crippen LogP contribution in [0.4, 0.5) is 4.39 Å². The molecule has 2 aromatic heterocycles. The Kier molecular flexibility index (Phi) is 5.52. The quantitative estimate of drug-likeness (QED) is 0.488. The molecule has 3 atom stereocenters. The number of ketones is 2. The van der Waals surface area contributed by atoms with Crippen LogP contribution < -0.4 is 0 Å². The zero-order valence-corrected chi connectivity index (χ0v) is 18.9. The zero-order chi connectivity index (χ0) is 23.3. The Morgan fingerprint density at radius 1 is 1.18 bits per heavy atom. The minimum Gasteiger partial charge on any atom is -0.328 e. The standard InChI is InChI=1S/C25H23ClFN3O3/c1-14(31)18-12-29(25-17(18)5-3-9-28-25)13-23(33)30-20-10-16(20)11-21(30)22(32)8-7-15-4-2-6-19(26)24(15)27/h2-6,9,12,16,20-21H,7-8,10-11,13H2,1H3/t16-,20-,21+/m1/s1. The van der Waals surface area contributed by atoms with Gasteiger partial charge in [-0.05, 0) is 55.9 Å². The van der Waals surface area contributed by atoms with Crippen LogP contribution in [0.1, 0.15) is 42.1 Å². The molecule has 0 unspecified atom stereocenters. The number of rotatable bonds is 7. The third-order valence-corrected chi connectivity index (χ3v) is 7.05. The second-order valence-corrected chi connectivity index (χ2v) is 9.30. The van der Waals surface area contributed by atoms with Crippen molar-refractivity contribution in [3.63, 3.8) is 0 Å². The molecule has 0 radical (unpaired) electrons. The number of nitrogens with zero attached hydrogens (tertiary/aromatic N) is 3. The van der Waals surface area contributed by atoms with Crippen molar-refractivity contribution in [2.24, 2.45) is 5.92 Å². The van der Waals surface area contributed by atoms with E-state index in [2.05, 4.69) is 4.98 Å². The van der Waals surface area contributed by atoms with E-state index in [4.69, 9.17) is 11.6 Å². The molecule has 1 aliphatic heterocycles. The summed E-state index contributed by atoms with van der Waals surface area (Å²) in [5.74, 6) is -0.468. The largest absolute Gasteiger partial charge is 0.328 e. The number of likely N-dealkylation sites (tertiary alicyclic amines) is 1. The number of carbonyl (C=O) groups is 3. The van der Waals surface area contributed by atoms with Crippen LogP contribution in [0.3, 0.4) is 0 Å². The highest BCUT2D eigenvalue weighted by Gasteiger charge is 2.55. The smallest absolute Gasteiger partial charge is 0.243 e. The van der Waals surface area contributed by atoms with E-state index in [1.165, 1.54) is 13.0 Å². The van der Waals surface area contributed by atoms with Crippen LogP contribution in [0.5, 0.6) is 0 Å². The van der Waals surface area contributed by atoms with Gasteiger partial charge in [0, 0.05) is 35.8 Å². The minimum atomic E-state index is -0.498. The maximum absolute atomic E-state index is 14.2. The van der Waals surface area contributed by atoms with Crippen molar-refractivity contribution in [3.05, 3.63) is 64.7 Å². The highest BCUT2D eigenvalue weighted by Crippen LogP contribution is 2.48. The van der Waals surface area contributed by atoms with Gasteiger partial charge in [-0.3, -0.25) is 14.4 Å². The second kappa shape index (κ2) is 8.37. The van der Waals surface area contributed by atoms with Crippen molar-refractivity contribution >= 4 is 40.1 Å². The van der Waals surface area contributed by atoms with E-state index in [9.17, 15) is 18.8 Å². The molecule has 6 nitrogen and oxygen atoms in total. The van der Waals surface area contributed by atoms with Gasteiger partial charge in [0.15, 0.2) is 11.6 Å². The molecule has 3 heterocycles. The van der Waals surface area contributed by atoms with Gasteiger partial charge in [-0.15, -0.1) is 0 Å². The molecule has 2 aliphatic rings. The molecule has 1 aromatic carbocycles. The molecule has 1 aliphatic carbocycles. The predicted molar refractivity (Wildman–Crippen MR) is 122 cm³/mol. The molecule has 5 rings (SSSR count). The van der Waals surface area contributed by atoms with Crippen LogP contribution >= 0.6 is 11.6 Å². The van der Waals surface area contributed by atoms with Crippen molar-refractivity contribution in [1.82, 2.24) is 14.5 Å². The summed E-state index contributed by atoms with van der Waals surface area (Å²) in [6, 6.07) is 7.92. The summed E-state index contributed by atoms with van der Waals surface area (Å²) in [7, 11) is 0. The lowest BCUT2D eigenvalue weighted by Crippen LogP contribution is -2.44. The highest BCUT2D eigenvalue weighted by molar-refractivity contribution is 6.30. The molecule has 33 heavy (non-hydrogen) atoms. The number of aromatic nitrogens is 2. The number of hydrogen-bond donors (Lipinski definition) is 0. The van der Waals surface area contributed by atoms with Gasteiger partial charge in [-0.1, -0.05) is 23.7 Å². The van der Waals surface area contributed by atoms with E-state index in [1.807, 2.05) is 6.07 Å². The van der Waals surface area contributed by atoms with Crippen molar-refractivity contribution < 1.29 is 18.8 Å². The fourth-order valence-electron chi connectivity index (χ4n) is 5.02. The van der Waals surface area contributed by atoms with Crippen LogP contribution in [-0.4, -0.2) is 44.0 Å². The molecule has 2 fully saturated rings. The van der Waals surface area contributed by atoms with Crippen LogP contribution in [0.15, 0.2) is 42.7 Å². The lowest BCUT2D eigenvalue weighted by molar-refractivity contribution is -0.139. The van der Waals surface area contributed by atoms with Crippen molar-refractivity contribution in [2.75, 3.05) is 0 Å². The van der Waals surface area contributed by atoms with Gasteiger partial charge in [0.1, 0.15) is 18.0 Å². The Balaban J connectivity index is 1.33. The van der Waals surface area contributed by atoms with Gasteiger partial charge in [0.2, 0.25) is 5.91 Å². The molecule has 0 spiro atoms. The maximum atomic E-state index is 14.2. The Morgan fingerprint density at radius 3 is 2.79 bits per heavy atom. The average molecular weight is 468 g/mol. The Hall–Kier alpha value is -3.06. The number of piperidine rings is 1. The summed E-state index contributed by atoms with van der Waals surface area (Å²) in [6.07, 6.45) is 5.23. The Morgan fingerprint density at radius 2 is 2.00 bits per heavy atom. The Bertz CT molecular complexity index is 1290. The van der Waals surface area contributed by atoms with Crippen molar-refractivity contribution in [3.8, 4) is 0 Å². The number of fused-ring (bicyclic) bond motifs is 2. The lowest BCUT2D eigenvalue weighted by Gasteiger charge is -2.27. The molecule has 0 bridgehead atoms. The number of halogens is 2. The fraction of sp³-hybridized carbons (Fsp3) is 0.360. The van der Waals surface area contributed by atoms with Gasteiger partial charge in [0.05, 0.1) is 11.1 Å². The van der Waals surface area contributed by atoms with Gasteiger partial charge >= 0.3 is 0 Å². The second-order valence-electron chi connectivity index (χ2n) is 8.90. The summed E-state index contributed by atoms with van der Waals surface area (Å²) in [6.45, 7) is 1.50. The van der Waals surface area contributed by atoms with E-state index in [0.29, 0.717) is 34.5 Å². The molecule has 3 aromatic rings. The molecule has 1 amide bonds. The zero-order valence-electron chi connectivity index (χ0n) is 18.1. The molecule has 0 N–H and O–H groups in total. The summed E-state index contributed by atoms with van der Waals surface area (Å²) >= 11 is 5.84. The van der Waals surface area contributed by atoms with Gasteiger partial charge < -0.3 is 9.47 Å². The number of amides is 1. The van der Waals surface area contributed by atoms with E-state index in [-0.39, 0.29) is 47.9 Å². The first-order valence-corrected chi connectivity index (χ1v) is 11.4. The predicted octanol–water partition coefficient (Wildman–Crippen LogP) is 4.22. The van der Waals surface area contributed by atoms with Crippen LogP contribution in [0, 0.1) is 11.7 Å². The topological polar surface area (TPSA) is 72.3 Å². The first-order chi connectivity index (χ1) is 15.8. The monoisotopic (exact) mass is 467 g/mol. The molecular weight excluding hydrogens is 445 g/mol. The van der Waals surface area contributed by atoms with E-state index >= 15 is 0 Å². The summed E-state index contributed by atoms with van der Waals surface area (Å²) in [5, 5.41) is 0.746. The van der Waals surface area contributed by atoms with E-state index in [1.54, 1.807) is 40.1 Å². The summed E-state index contributed by atoms with van der Waals surface area (Å²) in [5.41, 5.74) is 1.49. The van der Waals surface area contributed by atoms with Crippen molar-refractivity contribution in [1.29, 1.82) is 0 Å². The van der Waals surface area contributed by atoms with E-state index in [0.717, 1.165) is 6.42 Å². The third kappa shape index (κ3) is 3.95. The van der Waals surface area contributed by atoms with Gasteiger partial charge in [-0.25, -0.2) is 9.37 Å². The van der Waals surface area contributed by atoms with Crippen molar-refractivity contribution in [2.45, 2.75) is 51.2 Å². The molecule has 1 saturated heterocycles. The fourth-order valence-corrected chi connectivity index (χ4v) is 5.21. The van der Waals surface area contributed by atoms with Gasteiger partial charge in [0.25, 0.3) is 0 Å². The van der Waals surface area contributed by atoms with E-state index < -0.39 is 11.9 Å². The average Bonchev–Trinajstić information content (AvgIpc) is 3.30. The number of benzene rings is 1. The summed E-state index contributed by atoms with van der Waals surface area (Å²) in [4.78, 5) is 44.5. The maximum Gasteiger partial charge on any atom is 0.243 e. The number of Topliss-reactive ketones (excluding diaryl/α,β-unsaturated/α-hetero) is 2. The molecule has 8 heteroatoms. The number of pyridine rings is 1. The first-order valence-electron chi connectivity index (χ1n) is 11.1. The minimum absolute atomic E-state index is 0.0106. The molecule has 170 valence electrons. The highest BCUT2D eigenvalue weighted by atomic mass is 35.5. The summed E-state index contributed by atoms with van der Waals surface area (Å²) < 4.78 is 15.9. The normalized spacial score (nSPS) is 21.3. The Labute approximate surface area is 195 Å². The third-order valence-electron chi connectivity index (χ3n) is 6.76. The molecular formula is C25H23ClFN3O3. The van der Waals surface area contributed by atoms with Gasteiger partial charge in [-0.2, -0.15) is 0 Å². The van der Waals surface area contributed by atoms with Crippen LogP contribution in [-0.2, 0) is 22.6 Å². The number of aryl methyl sites for hydroxylation is 1. The lowest BCUT2D eigenvalue weighted by atomic mass is 10.00. The molecule has 1 saturated carbocycles.